The maximum atomic E-state index is 11.1. The predicted octanol–water partition coefficient (Wildman–Crippen LogP) is 0.0966. The van der Waals surface area contributed by atoms with Crippen LogP contribution in [0.1, 0.15) is 22.5 Å². The standard InChI is InChI=1S/C8H8N2O3/c11-5-1-2-10-7(3-5)6(4-9-10)8(12)13/h4H,1-3H2,(H,12,13). The number of carbonyl (C=O) groups is 2. The van der Waals surface area contributed by atoms with E-state index < -0.39 is 5.97 Å². The quantitative estimate of drug-likeness (QED) is 0.665. The fraction of sp³-hybridized carbons (Fsp3) is 0.375. The van der Waals surface area contributed by atoms with Crippen LogP contribution >= 0.6 is 0 Å². The van der Waals surface area contributed by atoms with Crippen molar-refractivity contribution in [2.45, 2.75) is 19.4 Å². The van der Waals surface area contributed by atoms with Crippen molar-refractivity contribution in [1.82, 2.24) is 9.78 Å². The van der Waals surface area contributed by atoms with E-state index in [-0.39, 0.29) is 17.8 Å². The van der Waals surface area contributed by atoms with Crippen LogP contribution in [0, 0.1) is 0 Å². The molecule has 5 nitrogen and oxygen atoms in total. The molecule has 1 aromatic rings. The topological polar surface area (TPSA) is 72.2 Å². The molecule has 0 unspecified atom stereocenters. The summed E-state index contributed by atoms with van der Waals surface area (Å²) in [6.45, 7) is 0.501. The normalized spacial score (nSPS) is 15.5. The van der Waals surface area contributed by atoms with Gasteiger partial charge in [-0.1, -0.05) is 0 Å². The van der Waals surface area contributed by atoms with Gasteiger partial charge in [-0.2, -0.15) is 5.10 Å². The average molecular weight is 180 g/mol. The van der Waals surface area contributed by atoms with Crippen LogP contribution in [0.15, 0.2) is 6.20 Å². The Hall–Kier alpha value is -1.65. The molecule has 5 heteroatoms. The lowest BCUT2D eigenvalue weighted by Crippen LogP contribution is -2.20. The summed E-state index contributed by atoms with van der Waals surface area (Å²) in [5.41, 5.74) is 0.678. The van der Waals surface area contributed by atoms with Crippen molar-refractivity contribution < 1.29 is 14.7 Å². The van der Waals surface area contributed by atoms with Gasteiger partial charge in [0.2, 0.25) is 0 Å². The lowest BCUT2D eigenvalue weighted by Gasteiger charge is -2.12. The second-order valence-electron chi connectivity index (χ2n) is 3.00. The van der Waals surface area contributed by atoms with Gasteiger partial charge in [0.05, 0.1) is 11.9 Å². The molecule has 1 aromatic heterocycles. The highest BCUT2D eigenvalue weighted by Gasteiger charge is 2.22. The van der Waals surface area contributed by atoms with Crippen LogP contribution in [0.5, 0.6) is 0 Å². The maximum Gasteiger partial charge on any atom is 0.339 e. The number of Topliss-reactive ketones (excluding diaryl/α,β-unsaturated/α-hetero) is 1. The molecule has 13 heavy (non-hydrogen) atoms. The number of aromatic carboxylic acids is 1. The third kappa shape index (κ3) is 1.22. The first-order valence-electron chi connectivity index (χ1n) is 3.98. The van der Waals surface area contributed by atoms with Crippen LogP contribution in [0.2, 0.25) is 0 Å². The third-order valence-corrected chi connectivity index (χ3v) is 2.15. The maximum absolute atomic E-state index is 11.1. The smallest absolute Gasteiger partial charge is 0.339 e. The minimum Gasteiger partial charge on any atom is -0.478 e. The summed E-state index contributed by atoms with van der Waals surface area (Å²) in [7, 11) is 0. The van der Waals surface area contributed by atoms with Crippen molar-refractivity contribution in [1.29, 1.82) is 0 Å². The van der Waals surface area contributed by atoms with Crippen molar-refractivity contribution in [3.8, 4) is 0 Å². The molecule has 0 aromatic carbocycles. The van der Waals surface area contributed by atoms with Gasteiger partial charge in [0.25, 0.3) is 0 Å². The van der Waals surface area contributed by atoms with Crippen LogP contribution < -0.4 is 0 Å². The van der Waals surface area contributed by atoms with Gasteiger partial charge in [-0.05, 0) is 0 Å². The Morgan fingerprint density at radius 3 is 3.08 bits per heavy atom. The van der Waals surface area contributed by atoms with Gasteiger partial charge in [0.15, 0.2) is 0 Å². The van der Waals surface area contributed by atoms with E-state index in [0.29, 0.717) is 18.7 Å². The number of rotatable bonds is 1. The zero-order valence-electron chi connectivity index (χ0n) is 6.86. The van der Waals surface area contributed by atoms with Crippen LogP contribution in [0.4, 0.5) is 0 Å². The zero-order valence-corrected chi connectivity index (χ0v) is 6.86. The number of carbonyl (C=O) groups excluding carboxylic acids is 1. The number of hydrogen-bond acceptors (Lipinski definition) is 3. The molecular formula is C8H8N2O3. The Balaban J connectivity index is 2.46. The van der Waals surface area contributed by atoms with Crippen LogP contribution in [0.3, 0.4) is 0 Å². The molecule has 1 aliphatic rings. The molecule has 0 fully saturated rings. The monoisotopic (exact) mass is 180 g/mol. The number of hydrogen-bond donors (Lipinski definition) is 1. The molecule has 1 aliphatic heterocycles. The van der Waals surface area contributed by atoms with Crippen molar-refractivity contribution in [2.75, 3.05) is 0 Å². The number of aromatic nitrogens is 2. The first-order chi connectivity index (χ1) is 6.18. The molecule has 0 saturated heterocycles. The van der Waals surface area contributed by atoms with Crippen molar-refractivity contribution in [3.05, 3.63) is 17.5 Å². The third-order valence-electron chi connectivity index (χ3n) is 2.15. The van der Waals surface area contributed by atoms with E-state index in [1.165, 1.54) is 6.20 Å². The predicted molar refractivity (Wildman–Crippen MR) is 42.5 cm³/mol. The Morgan fingerprint density at radius 1 is 1.62 bits per heavy atom. The summed E-state index contributed by atoms with van der Waals surface area (Å²) in [5.74, 6) is -0.938. The highest BCUT2D eigenvalue weighted by molar-refractivity contribution is 5.91. The molecule has 0 amide bonds. The van der Waals surface area contributed by atoms with Gasteiger partial charge >= 0.3 is 5.97 Å². The van der Waals surface area contributed by atoms with Gasteiger partial charge < -0.3 is 5.11 Å². The van der Waals surface area contributed by atoms with Gasteiger partial charge in [0, 0.05) is 19.4 Å². The van der Waals surface area contributed by atoms with Crippen LogP contribution in [-0.2, 0) is 17.8 Å². The number of nitrogens with zero attached hydrogens (tertiary/aromatic N) is 2. The first kappa shape index (κ1) is 7.97. The molecule has 2 rings (SSSR count). The highest BCUT2D eigenvalue weighted by Crippen LogP contribution is 2.15. The minimum atomic E-state index is -1.02. The fourth-order valence-electron chi connectivity index (χ4n) is 1.47. The number of aryl methyl sites for hydroxylation is 1. The van der Waals surface area contributed by atoms with E-state index in [1.807, 2.05) is 0 Å². The van der Waals surface area contributed by atoms with Gasteiger partial charge in [-0.15, -0.1) is 0 Å². The van der Waals surface area contributed by atoms with E-state index >= 15 is 0 Å². The second-order valence-corrected chi connectivity index (χ2v) is 3.00. The Labute approximate surface area is 74.0 Å². The number of fused-ring (bicyclic) bond motifs is 1. The summed E-state index contributed by atoms with van der Waals surface area (Å²) in [4.78, 5) is 21.7. The number of ketones is 1. The SMILES string of the molecule is O=C1CCn2ncc(C(=O)O)c2C1. The molecule has 0 spiro atoms. The number of carboxylic acid groups (broad SMARTS) is 1. The lowest BCUT2D eigenvalue weighted by molar-refractivity contribution is -0.119. The van der Waals surface area contributed by atoms with Crippen LogP contribution in [0.25, 0.3) is 0 Å². The summed E-state index contributed by atoms with van der Waals surface area (Å²) in [6.07, 6.45) is 1.95. The molecule has 0 bridgehead atoms. The molecular weight excluding hydrogens is 172 g/mol. The lowest BCUT2D eigenvalue weighted by atomic mass is 10.1. The van der Waals surface area contributed by atoms with Crippen molar-refractivity contribution >= 4 is 11.8 Å². The summed E-state index contributed by atoms with van der Waals surface area (Å²) < 4.78 is 1.59. The molecule has 0 radical (unpaired) electrons. The Bertz CT molecular complexity index is 381. The van der Waals surface area contributed by atoms with E-state index in [1.54, 1.807) is 4.68 Å². The van der Waals surface area contributed by atoms with Crippen molar-refractivity contribution in [3.63, 3.8) is 0 Å². The first-order valence-corrected chi connectivity index (χ1v) is 3.98. The molecule has 0 aliphatic carbocycles. The van der Waals surface area contributed by atoms with Crippen molar-refractivity contribution in [2.24, 2.45) is 0 Å². The average Bonchev–Trinajstić information content (AvgIpc) is 2.46. The van der Waals surface area contributed by atoms with Crippen LogP contribution in [-0.4, -0.2) is 26.6 Å². The van der Waals surface area contributed by atoms with E-state index in [9.17, 15) is 9.59 Å². The van der Waals surface area contributed by atoms with Gasteiger partial charge in [0.1, 0.15) is 11.3 Å². The van der Waals surface area contributed by atoms with E-state index in [4.69, 9.17) is 5.11 Å². The summed E-state index contributed by atoms with van der Waals surface area (Å²) in [6, 6.07) is 0. The highest BCUT2D eigenvalue weighted by atomic mass is 16.4. The summed E-state index contributed by atoms with van der Waals surface area (Å²) >= 11 is 0. The van der Waals surface area contributed by atoms with E-state index in [0.717, 1.165) is 0 Å². The molecule has 2 heterocycles. The zero-order chi connectivity index (χ0) is 9.42. The van der Waals surface area contributed by atoms with Gasteiger partial charge in [-0.25, -0.2) is 4.79 Å². The number of carboxylic acids is 1. The Kier molecular flexibility index (Phi) is 1.65. The van der Waals surface area contributed by atoms with E-state index in [2.05, 4.69) is 5.10 Å². The largest absolute Gasteiger partial charge is 0.478 e. The molecule has 1 N–H and O–H groups in total. The summed E-state index contributed by atoms with van der Waals surface area (Å²) in [5, 5.41) is 12.6. The second kappa shape index (κ2) is 2.69. The fourth-order valence-corrected chi connectivity index (χ4v) is 1.47. The molecule has 68 valence electrons. The Morgan fingerprint density at radius 2 is 2.38 bits per heavy atom. The van der Waals surface area contributed by atoms with Gasteiger partial charge in [-0.3, -0.25) is 9.48 Å². The minimum absolute atomic E-state index is 0.0792. The molecule has 0 atom stereocenters. The molecule has 0 saturated carbocycles.